The van der Waals surface area contributed by atoms with Crippen LogP contribution in [0.15, 0.2) is 47.4 Å². The number of amides is 2. The molecule has 0 radical (unpaired) electrons. The molecule has 2 amide bonds. The summed E-state index contributed by atoms with van der Waals surface area (Å²) in [4.78, 5) is 26.1. The summed E-state index contributed by atoms with van der Waals surface area (Å²) in [5.41, 5.74) is 1.70. The molecule has 2 aromatic rings. The number of fused-ring (bicyclic) bond motifs is 1. The van der Waals surface area contributed by atoms with E-state index >= 15 is 0 Å². The first-order chi connectivity index (χ1) is 15.7. The highest BCUT2D eigenvalue weighted by molar-refractivity contribution is 7.89. The van der Waals surface area contributed by atoms with Gasteiger partial charge >= 0.3 is 0 Å². The van der Waals surface area contributed by atoms with Gasteiger partial charge in [0.2, 0.25) is 15.9 Å². The van der Waals surface area contributed by atoms with Crippen molar-refractivity contribution in [3.8, 4) is 5.75 Å². The van der Waals surface area contributed by atoms with E-state index in [1.54, 1.807) is 37.0 Å². The van der Waals surface area contributed by atoms with Gasteiger partial charge < -0.3 is 15.0 Å². The van der Waals surface area contributed by atoms with Crippen LogP contribution in [0.25, 0.3) is 6.08 Å². The minimum atomic E-state index is -3.80. The summed E-state index contributed by atoms with van der Waals surface area (Å²) in [6.07, 6.45) is 2.40. The summed E-state index contributed by atoms with van der Waals surface area (Å²) in [6, 6.07) is 10.3. The highest BCUT2D eigenvalue weighted by Gasteiger charge is 2.33. The van der Waals surface area contributed by atoms with E-state index in [-0.39, 0.29) is 42.9 Å². The predicted molar refractivity (Wildman–Crippen MR) is 126 cm³/mol. The number of hydrogen-bond donors (Lipinski definition) is 1. The van der Waals surface area contributed by atoms with Gasteiger partial charge in [-0.25, -0.2) is 8.42 Å². The number of nitrogens with zero attached hydrogens (tertiary/aromatic N) is 2. The third-order valence-corrected chi connectivity index (χ3v) is 8.07. The van der Waals surface area contributed by atoms with Crippen LogP contribution in [0, 0.1) is 6.92 Å². The maximum absolute atomic E-state index is 13.3. The Morgan fingerprint density at radius 1 is 1.18 bits per heavy atom. The molecule has 4 rings (SSSR count). The highest BCUT2D eigenvalue weighted by Crippen LogP contribution is 2.35. The van der Waals surface area contributed by atoms with Gasteiger partial charge in [-0.3, -0.25) is 9.59 Å². The molecule has 0 aromatic heterocycles. The van der Waals surface area contributed by atoms with Crippen LogP contribution >= 0.6 is 11.6 Å². The third kappa shape index (κ3) is 4.75. The lowest BCUT2D eigenvalue weighted by Gasteiger charge is -2.34. The van der Waals surface area contributed by atoms with E-state index in [0.717, 1.165) is 5.56 Å². The van der Waals surface area contributed by atoms with E-state index < -0.39 is 16.1 Å². The van der Waals surface area contributed by atoms with Gasteiger partial charge in [0.1, 0.15) is 5.75 Å². The lowest BCUT2D eigenvalue weighted by atomic mass is 10.1. The number of sulfonamides is 1. The fourth-order valence-corrected chi connectivity index (χ4v) is 5.63. The number of carbonyl (C=O) groups excluding carboxylic acids is 2. The molecule has 2 aromatic carbocycles. The lowest BCUT2D eigenvalue weighted by Crippen LogP contribution is -2.50. The van der Waals surface area contributed by atoms with Gasteiger partial charge in [0.25, 0.3) is 5.91 Å². The fraction of sp³-hybridized carbons (Fsp3) is 0.304. The molecular weight excluding hydrogens is 466 g/mol. The van der Waals surface area contributed by atoms with Gasteiger partial charge in [-0.05, 0) is 43.2 Å². The average Bonchev–Trinajstić information content (AvgIpc) is 2.79. The number of rotatable bonds is 4. The molecule has 10 heteroatoms. The van der Waals surface area contributed by atoms with E-state index in [9.17, 15) is 18.0 Å². The number of halogens is 1. The molecule has 0 aliphatic carbocycles. The van der Waals surface area contributed by atoms with E-state index in [2.05, 4.69) is 5.32 Å². The Morgan fingerprint density at radius 2 is 1.88 bits per heavy atom. The molecule has 174 valence electrons. The van der Waals surface area contributed by atoms with E-state index in [0.29, 0.717) is 22.0 Å². The zero-order valence-corrected chi connectivity index (χ0v) is 19.8. The topological polar surface area (TPSA) is 96.0 Å². The fourth-order valence-electron chi connectivity index (χ4n) is 3.79. The lowest BCUT2D eigenvalue weighted by molar-refractivity contribution is -0.127. The second-order valence-electron chi connectivity index (χ2n) is 7.95. The number of carbonyl (C=O) groups is 2. The molecule has 0 spiro atoms. The first kappa shape index (κ1) is 23.3. The Labute approximate surface area is 197 Å². The minimum absolute atomic E-state index is 0.128. The zero-order chi connectivity index (χ0) is 23.8. The van der Waals surface area contributed by atoms with Gasteiger partial charge in [-0.2, -0.15) is 4.31 Å². The van der Waals surface area contributed by atoms with Crippen LogP contribution < -0.4 is 10.1 Å². The van der Waals surface area contributed by atoms with Crippen LogP contribution in [0.2, 0.25) is 5.02 Å². The van der Waals surface area contributed by atoms with Crippen molar-refractivity contribution in [3.05, 3.63) is 58.6 Å². The largest absolute Gasteiger partial charge is 0.479 e. The van der Waals surface area contributed by atoms with E-state index in [4.69, 9.17) is 16.3 Å². The molecule has 0 unspecified atom stereocenters. The van der Waals surface area contributed by atoms with Crippen molar-refractivity contribution in [2.24, 2.45) is 0 Å². The van der Waals surface area contributed by atoms with E-state index in [1.807, 2.05) is 18.2 Å². The van der Waals surface area contributed by atoms with Crippen LogP contribution in [-0.4, -0.2) is 61.7 Å². The van der Waals surface area contributed by atoms with Crippen molar-refractivity contribution in [3.63, 3.8) is 0 Å². The summed E-state index contributed by atoms with van der Waals surface area (Å²) in [5.74, 6) is -0.151. The molecule has 0 bridgehead atoms. The number of piperazine rings is 1. The molecule has 1 atom stereocenters. The SMILES string of the molecule is Cc1cc2c(cc1S(=O)(=O)N1CCN(C(=O)/C=C/c3ccccc3Cl)CC1)O[C@@H](C)C(=O)N2. The van der Waals surface area contributed by atoms with Gasteiger partial charge in [-0.1, -0.05) is 29.8 Å². The number of hydrogen-bond acceptors (Lipinski definition) is 5. The molecule has 1 fully saturated rings. The van der Waals surface area contributed by atoms with Gasteiger partial charge in [0.15, 0.2) is 6.10 Å². The van der Waals surface area contributed by atoms with Crippen LogP contribution in [0.1, 0.15) is 18.1 Å². The number of nitrogens with one attached hydrogen (secondary N) is 1. The summed E-state index contributed by atoms with van der Waals surface area (Å²) < 4.78 is 33.6. The summed E-state index contributed by atoms with van der Waals surface area (Å²) in [5, 5.41) is 3.27. The molecule has 8 nitrogen and oxygen atoms in total. The Balaban J connectivity index is 1.45. The standard InChI is InChI=1S/C23H24ClN3O5S/c1-15-13-19-20(32-16(2)23(29)25-19)14-21(15)33(30,31)27-11-9-26(10-12-27)22(28)8-7-17-5-3-4-6-18(17)24/h3-8,13-14,16H,9-12H2,1-2H3,(H,25,29)/b8-7+/t16-/m0/s1. The quantitative estimate of drug-likeness (QED) is 0.666. The summed E-state index contributed by atoms with van der Waals surface area (Å²) in [7, 11) is -3.80. The maximum atomic E-state index is 13.3. The Bertz CT molecular complexity index is 1240. The Morgan fingerprint density at radius 3 is 2.58 bits per heavy atom. The number of aryl methyl sites for hydroxylation is 1. The molecule has 1 N–H and O–H groups in total. The third-order valence-electron chi connectivity index (χ3n) is 5.69. The molecule has 0 saturated carbocycles. The van der Waals surface area contributed by atoms with Gasteiger partial charge in [-0.15, -0.1) is 0 Å². The van der Waals surface area contributed by atoms with Crippen LogP contribution in [0.4, 0.5) is 5.69 Å². The first-order valence-electron chi connectivity index (χ1n) is 10.5. The van der Waals surface area contributed by atoms with Gasteiger partial charge in [0, 0.05) is 43.3 Å². The van der Waals surface area contributed by atoms with E-state index in [1.165, 1.54) is 16.4 Å². The Kier molecular flexibility index (Phi) is 6.47. The van der Waals surface area contributed by atoms with Crippen molar-refractivity contribution in [1.29, 1.82) is 0 Å². The molecule has 1 saturated heterocycles. The van der Waals surface area contributed by atoms with Crippen molar-refractivity contribution in [2.75, 3.05) is 31.5 Å². The number of ether oxygens (including phenoxy) is 1. The average molecular weight is 490 g/mol. The molecular formula is C23H24ClN3O5S. The molecule has 2 heterocycles. The smallest absolute Gasteiger partial charge is 0.265 e. The second-order valence-corrected chi connectivity index (χ2v) is 10.3. The van der Waals surface area contributed by atoms with Crippen molar-refractivity contribution >= 4 is 45.2 Å². The highest BCUT2D eigenvalue weighted by atomic mass is 35.5. The predicted octanol–water partition coefficient (Wildman–Crippen LogP) is 2.91. The second kappa shape index (κ2) is 9.17. The number of benzene rings is 2. The van der Waals surface area contributed by atoms with Crippen LogP contribution in [-0.2, 0) is 19.6 Å². The number of anilines is 1. The zero-order valence-electron chi connectivity index (χ0n) is 18.2. The normalized spacial score (nSPS) is 19.2. The first-order valence-corrected chi connectivity index (χ1v) is 12.3. The van der Waals surface area contributed by atoms with Crippen LogP contribution in [0.3, 0.4) is 0 Å². The Hall–Kier alpha value is -2.88. The van der Waals surface area contributed by atoms with Crippen LogP contribution in [0.5, 0.6) is 5.75 Å². The maximum Gasteiger partial charge on any atom is 0.265 e. The van der Waals surface area contributed by atoms with Crippen molar-refractivity contribution in [1.82, 2.24) is 9.21 Å². The monoisotopic (exact) mass is 489 g/mol. The summed E-state index contributed by atoms with van der Waals surface area (Å²) >= 11 is 6.11. The minimum Gasteiger partial charge on any atom is -0.479 e. The van der Waals surface area contributed by atoms with Crippen molar-refractivity contribution < 1.29 is 22.7 Å². The molecule has 2 aliphatic heterocycles. The van der Waals surface area contributed by atoms with Crippen molar-refractivity contribution in [2.45, 2.75) is 24.8 Å². The van der Waals surface area contributed by atoms with Gasteiger partial charge in [0.05, 0.1) is 10.6 Å². The summed E-state index contributed by atoms with van der Waals surface area (Å²) in [6.45, 7) is 4.19. The molecule has 2 aliphatic rings. The molecule has 33 heavy (non-hydrogen) atoms.